The second kappa shape index (κ2) is 6.55. The van der Waals surface area contributed by atoms with E-state index in [9.17, 15) is 5.11 Å². The van der Waals surface area contributed by atoms with Gasteiger partial charge in [-0.1, -0.05) is 41.9 Å². The number of nitrogens with zero attached hydrogens (tertiary/aromatic N) is 2. The molecule has 0 aliphatic rings. The fraction of sp³-hybridized carbons (Fsp3) is 0.438. The summed E-state index contributed by atoms with van der Waals surface area (Å²) >= 11 is 3.47. The molecule has 2 rings (SSSR count). The molecule has 0 fully saturated rings. The Hall–Kier alpha value is -1.13. The summed E-state index contributed by atoms with van der Waals surface area (Å²) in [4.78, 5) is 4.41. The molecule has 0 bridgehead atoms. The summed E-state index contributed by atoms with van der Waals surface area (Å²) in [7, 11) is 0. The van der Waals surface area contributed by atoms with E-state index in [-0.39, 0.29) is 0 Å². The predicted molar refractivity (Wildman–Crippen MR) is 84.6 cm³/mol. The molecule has 1 atom stereocenters. The number of aliphatic hydroxyl groups is 1. The molecule has 1 aromatic carbocycles. The lowest BCUT2D eigenvalue weighted by Crippen LogP contribution is -2.29. The maximum absolute atomic E-state index is 11.0. The van der Waals surface area contributed by atoms with Crippen LogP contribution in [-0.2, 0) is 18.6 Å². The Balaban J connectivity index is 2.29. The van der Waals surface area contributed by atoms with Crippen LogP contribution in [0.3, 0.4) is 0 Å². The van der Waals surface area contributed by atoms with Crippen molar-refractivity contribution in [3.8, 4) is 0 Å². The third-order valence-electron chi connectivity index (χ3n) is 3.66. The third kappa shape index (κ3) is 3.30. The van der Waals surface area contributed by atoms with Crippen molar-refractivity contribution in [2.75, 3.05) is 0 Å². The maximum atomic E-state index is 11.0. The summed E-state index contributed by atoms with van der Waals surface area (Å²) in [5.41, 5.74) is 0.0566. The zero-order chi connectivity index (χ0) is 14.6. The van der Waals surface area contributed by atoms with Gasteiger partial charge in [-0.2, -0.15) is 0 Å². The third-order valence-corrected chi connectivity index (χ3v) is 4.16. The van der Waals surface area contributed by atoms with Crippen molar-refractivity contribution in [1.82, 2.24) is 9.55 Å². The van der Waals surface area contributed by atoms with Gasteiger partial charge in [0.1, 0.15) is 5.82 Å². The van der Waals surface area contributed by atoms with Gasteiger partial charge in [0.25, 0.3) is 0 Å². The molecule has 0 radical (unpaired) electrons. The van der Waals surface area contributed by atoms with E-state index in [1.165, 1.54) is 0 Å². The van der Waals surface area contributed by atoms with Crippen LogP contribution in [0.5, 0.6) is 0 Å². The van der Waals surface area contributed by atoms with Crippen LogP contribution in [0.4, 0.5) is 0 Å². The Kier molecular flexibility index (Phi) is 5.00. The summed E-state index contributed by atoms with van der Waals surface area (Å²) in [5.74, 6) is 0.941. The second-order valence-electron chi connectivity index (χ2n) is 5.11. The molecule has 0 aliphatic heterocycles. The van der Waals surface area contributed by atoms with Crippen molar-refractivity contribution in [3.63, 3.8) is 0 Å². The van der Waals surface area contributed by atoms with Gasteiger partial charge in [-0.3, -0.25) is 0 Å². The summed E-state index contributed by atoms with van der Waals surface area (Å²) in [6, 6.07) is 7.88. The molecule has 108 valence electrons. The Bertz CT molecular complexity index is 567. The number of halogens is 1. The van der Waals surface area contributed by atoms with E-state index in [2.05, 4.69) is 32.4 Å². The number of hydrogen-bond donors (Lipinski definition) is 1. The van der Waals surface area contributed by atoms with E-state index in [0.717, 1.165) is 28.8 Å². The molecule has 4 heteroatoms. The first-order valence-corrected chi connectivity index (χ1v) is 7.87. The monoisotopic (exact) mass is 336 g/mol. The highest BCUT2D eigenvalue weighted by Crippen LogP contribution is 2.30. The van der Waals surface area contributed by atoms with Gasteiger partial charge in [0.15, 0.2) is 0 Å². The number of benzene rings is 1. The van der Waals surface area contributed by atoms with Crippen molar-refractivity contribution in [2.45, 2.75) is 45.3 Å². The van der Waals surface area contributed by atoms with Crippen LogP contribution in [0, 0.1) is 0 Å². The van der Waals surface area contributed by atoms with Crippen molar-refractivity contribution in [2.24, 2.45) is 0 Å². The topological polar surface area (TPSA) is 38.0 Å². The molecule has 2 aromatic rings. The van der Waals surface area contributed by atoms with Gasteiger partial charge in [-0.15, -0.1) is 0 Å². The van der Waals surface area contributed by atoms with E-state index in [1.807, 2.05) is 43.6 Å². The standard InChI is InChI=1S/C16H21BrN2O/c1-3-9-19-10-8-18-15(19)12-16(20,4-2)13-6-5-7-14(17)11-13/h5-8,10-11,20H,3-4,9,12H2,1-2H3. The SMILES string of the molecule is CCCn1ccnc1CC(O)(CC)c1cccc(Br)c1. The largest absolute Gasteiger partial charge is 0.385 e. The fourth-order valence-corrected chi connectivity index (χ4v) is 2.82. The minimum absolute atomic E-state index is 0.535. The van der Waals surface area contributed by atoms with Gasteiger partial charge in [-0.25, -0.2) is 4.98 Å². The van der Waals surface area contributed by atoms with Crippen LogP contribution in [0.1, 0.15) is 38.1 Å². The van der Waals surface area contributed by atoms with Crippen molar-refractivity contribution in [1.29, 1.82) is 0 Å². The number of aryl methyl sites for hydroxylation is 1. The van der Waals surface area contributed by atoms with E-state index in [4.69, 9.17) is 0 Å². The highest BCUT2D eigenvalue weighted by atomic mass is 79.9. The molecule has 1 N–H and O–H groups in total. The number of rotatable bonds is 6. The fourth-order valence-electron chi connectivity index (χ4n) is 2.42. The molecule has 1 unspecified atom stereocenters. The Morgan fingerprint density at radius 3 is 2.80 bits per heavy atom. The molecule has 0 aliphatic carbocycles. The summed E-state index contributed by atoms with van der Waals surface area (Å²) in [6.07, 6.45) is 6.04. The molecule has 3 nitrogen and oxygen atoms in total. The van der Waals surface area contributed by atoms with Gasteiger partial charge in [0.05, 0.1) is 5.60 Å². The van der Waals surface area contributed by atoms with Gasteiger partial charge >= 0.3 is 0 Å². The lowest BCUT2D eigenvalue weighted by atomic mass is 9.87. The lowest BCUT2D eigenvalue weighted by Gasteiger charge is -2.27. The van der Waals surface area contributed by atoms with Crippen molar-refractivity contribution >= 4 is 15.9 Å². The van der Waals surface area contributed by atoms with E-state index >= 15 is 0 Å². The number of imidazole rings is 1. The average molecular weight is 337 g/mol. The number of hydrogen-bond acceptors (Lipinski definition) is 2. The van der Waals surface area contributed by atoms with Gasteiger partial charge in [0.2, 0.25) is 0 Å². The smallest absolute Gasteiger partial charge is 0.111 e. The van der Waals surface area contributed by atoms with Gasteiger partial charge in [-0.05, 0) is 30.5 Å². The Labute approximate surface area is 128 Å². The molecule has 0 saturated heterocycles. The average Bonchev–Trinajstić information content (AvgIpc) is 2.86. The van der Waals surface area contributed by atoms with Crippen LogP contribution >= 0.6 is 15.9 Å². The molecule has 0 amide bonds. The zero-order valence-electron chi connectivity index (χ0n) is 12.0. The molecule has 1 aromatic heterocycles. The van der Waals surface area contributed by atoms with Crippen LogP contribution in [0.25, 0.3) is 0 Å². The van der Waals surface area contributed by atoms with Crippen LogP contribution in [-0.4, -0.2) is 14.7 Å². The Morgan fingerprint density at radius 1 is 1.35 bits per heavy atom. The first kappa shape index (κ1) is 15.3. The normalized spacial score (nSPS) is 14.2. The zero-order valence-corrected chi connectivity index (χ0v) is 13.6. The van der Waals surface area contributed by atoms with E-state index < -0.39 is 5.60 Å². The van der Waals surface area contributed by atoms with Crippen LogP contribution < -0.4 is 0 Å². The van der Waals surface area contributed by atoms with Crippen LogP contribution in [0.15, 0.2) is 41.1 Å². The molecule has 20 heavy (non-hydrogen) atoms. The first-order chi connectivity index (χ1) is 9.59. The van der Waals surface area contributed by atoms with Crippen molar-refractivity contribution < 1.29 is 5.11 Å². The maximum Gasteiger partial charge on any atom is 0.111 e. The lowest BCUT2D eigenvalue weighted by molar-refractivity contribution is 0.0298. The minimum Gasteiger partial charge on any atom is -0.385 e. The minimum atomic E-state index is -0.874. The summed E-state index contributed by atoms with van der Waals surface area (Å²) < 4.78 is 3.11. The quantitative estimate of drug-likeness (QED) is 0.868. The van der Waals surface area contributed by atoms with Gasteiger partial charge in [0, 0.05) is 29.8 Å². The van der Waals surface area contributed by atoms with Crippen molar-refractivity contribution in [3.05, 3.63) is 52.5 Å². The highest BCUT2D eigenvalue weighted by Gasteiger charge is 2.29. The first-order valence-electron chi connectivity index (χ1n) is 7.07. The second-order valence-corrected chi connectivity index (χ2v) is 6.02. The Morgan fingerprint density at radius 2 is 2.15 bits per heavy atom. The summed E-state index contributed by atoms with van der Waals surface area (Å²) in [5, 5.41) is 11.0. The van der Waals surface area contributed by atoms with E-state index in [0.29, 0.717) is 12.8 Å². The molecule has 1 heterocycles. The van der Waals surface area contributed by atoms with Gasteiger partial charge < -0.3 is 9.67 Å². The highest BCUT2D eigenvalue weighted by molar-refractivity contribution is 9.10. The van der Waals surface area contributed by atoms with Crippen LogP contribution in [0.2, 0.25) is 0 Å². The molecular weight excluding hydrogens is 316 g/mol. The number of aromatic nitrogens is 2. The molecule has 0 spiro atoms. The molecule has 0 saturated carbocycles. The predicted octanol–water partition coefficient (Wildman–Crippen LogP) is 3.90. The summed E-state index contributed by atoms with van der Waals surface area (Å²) in [6.45, 7) is 5.09. The molecular formula is C16H21BrN2O. The van der Waals surface area contributed by atoms with E-state index in [1.54, 1.807) is 0 Å².